The number of carbonyl (C=O) groups is 2. The van der Waals surface area contributed by atoms with Gasteiger partial charge in [-0.1, -0.05) is 24.4 Å². The Kier molecular flexibility index (Phi) is 7.15. The molecule has 1 saturated heterocycles. The quantitative estimate of drug-likeness (QED) is 0.479. The summed E-state index contributed by atoms with van der Waals surface area (Å²) in [5.41, 5.74) is 2.25. The third-order valence-corrected chi connectivity index (χ3v) is 7.59. The van der Waals surface area contributed by atoms with Crippen LogP contribution >= 0.6 is 22.9 Å². The molecule has 3 N–H and O–H groups in total. The molecular weight excluding hydrogens is 474 g/mol. The van der Waals surface area contributed by atoms with Crippen molar-refractivity contribution in [2.24, 2.45) is 0 Å². The van der Waals surface area contributed by atoms with Gasteiger partial charge in [-0.15, -0.1) is 11.3 Å². The van der Waals surface area contributed by atoms with E-state index in [1.807, 2.05) is 17.5 Å². The van der Waals surface area contributed by atoms with Gasteiger partial charge in [-0.25, -0.2) is 4.98 Å². The fourth-order valence-corrected chi connectivity index (χ4v) is 5.54. The SMILES string of the molecule is O=C(N[C@H]1CCCC[C@H]1NC(=O)c1nc(CN2CCOCC2)cs1)c1cc2cc(Cl)ccc2[nH]1. The monoisotopic (exact) mass is 501 g/mol. The van der Waals surface area contributed by atoms with Crippen LogP contribution in [0.4, 0.5) is 0 Å². The molecule has 0 bridgehead atoms. The summed E-state index contributed by atoms with van der Waals surface area (Å²) in [5.74, 6) is -0.356. The molecule has 0 radical (unpaired) electrons. The average Bonchev–Trinajstić information content (AvgIpc) is 3.48. The Morgan fingerprint density at radius 2 is 1.85 bits per heavy atom. The van der Waals surface area contributed by atoms with Gasteiger partial charge in [0.15, 0.2) is 5.01 Å². The van der Waals surface area contributed by atoms with Crippen molar-refractivity contribution in [2.75, 3.05) is 26.3 Å². The number of rotatable bonds is 6. The predicted molar refractivity (Wildman–Crippen MR) is 132 cm³/mol. The molecule has 10 heteroatoms. The van der Waals surface area contributed by atoms with Crippen molar-refractivity contribution >= 4 is 45.7 Å². The number of carbonyl (C=O) groups excluding carboxylic acids is 2. The van der Waals surface area contributed by atoms with Crippen LogP contribution in [0.15, 0.2) is 29.6 Å². The van der Waals surface area contributed by atoms with E-state index in [0.717, 1.165) is 75.1 Å². The molecule has 3 aromatic rings. The van der Waals surface area contributed by atoms with Crippen molar-refractivity contribution in [1.82, 2.24) is 25.5 Å². The first-order chi connectivity index (χ1) is 16.5. The van der Waals surface area contributed by atoms with E-state index in [9.17, 15) is 9.59 Å². The maximum absolute atomic E-state index is 12.9. The molecule has 2 fully saturated rings. The lowest BCUT2D eigenvalue weighted by atomic mass is 9.90. The van der Waals surface area contributed by atoms with Crippen LogP contribution in [-0.2, 0) is 11.3 Å². The molecule has 0 unspecified atom stereocenters. The summed E-state index contributed by atoms with van der Waals surface area (Å²) in [6.07, 6.45) is 3.68. The lowest BCUT2D eigenvalue weighted by Crippen LogP contribution is -2.53. The molecule has 5 rings (SSSR count). The molecule has 3 heterocycles. The number of nitrogens with zero attached hydrogens (tertiary/aromatic N) is 2. The van der Waals surface area contributed by atoms with Crippen molar-refractivity contribution in [1.29, 1.82) is 0 Å². The Bertz CT molecular complexity index is 1170. The van der Waals surface area contributed by atoms with Crippen molar-refractivity contribution in [2.45, 2.75) is 44.3 Å². The first-order valence-corrected chi connectivity index (χ1v) is 13.0. The number of aromatic amines is 1. The molecule has 1 aliphatic carbocycles. The number of hydrogen-bond donors (Lipinski definition) is 3. The van der Waals surface area contributed by atoms with E-state index in [1.165, 1.54) is 11.3 Å². The second-order valence-electron chi connectivity index (χ2n) is 8.89. The number of ether oxygens (including phenoxy) is 1. The highest BCUT2D eigenvalue weighted by molar-refractivity contribution is 7.11. The zero-order valence-electron chi connectivity index (χ0n) is 18.8. The Hall–Kier alpha value is -2.46. The lowest BCUT2D eigenvalue weighted by Gasteiger charge is -2.32. The molecule has 2 atom stereocenters. The van der Waals surface area contributed by atoms with Crippen LogP contribution in [0.2, 0.25) is 5.02 Å². The van der Waals surface area contributed by atoms with Crippen LogP contribution in [-0.4, -0.2) is 65.1 Å². The smallest absolute Gasteiger partial charge is 0.280 e. The van der Waals surface area contributed by atoms with Gasteiger partial charge in [-0.3, -0.25) is 14.5 Å². The van der Waals surface area contributed by atoms with Gasteiger partial charge in [0, 0.05) is 53.0 Å². The molecule has 180 valence electrons. The van der Waals surface area contributed by atoms with Gasteiger partial charge in [-0.2, -0.15) is 0 Å². The molecule has 1 saturated carbocycles. The summed E-state index contributed by atoms with van der Waals surface area (Å²) in [6, 6.07) is 7.02. The van der Waals surface area contributed by atoms with Crippen molar-refractivity contribution < 1.29 is 14.3 Å². The van der Waals surface area contributed by atoms with Gasteiger partial charge >= 0.3 is 0 Å². The molecule has 1 aromatic carbocycles. The number of halogens is 1. The maximum Gasteiger partial charge on any atom is 0.280 e. The van der Waals surface area contributed by atoms with Crippen LogP contribution in [0.25, 0.3) is 10.9 Å². The molecule has 2 aliphatic rings. The van der Waals surface area contributed by atoms with Crippen LogP contribution in [0, 0.1) is 0 Å². The zero-order valence-corrected chi connectivity index (χ0v) is 20.4. The highest BCUT2D eigenvalue weighted by Crippen LogP contribution is 2.23. The molecule has 1 aliphatic heterocycles. The average molecular weight is 502 g/mol. The summed E-state index contributed by atoms with van der Waals surface area (Å²) in [5, 5.41) is 10.2. The minimum absolute atomic E-state index is 0.129. The number of morpholine rings is 1. The fraction of sp³-hybridized carbons (Fsp3) is 0.458. The van der Waals surface area contributed by atoms with Gasteiger partial charge in [0.1, 0.15) is 5.69 Å². The van der Waals surface area contributed by atoms with E-state index < -0.39 is 0 Å². The normalized spacial score (nSPS) is 21.4. The largest absolute Gasteiger partial charge is 0.379 e. The fourth-order valence-electron chi connectivity index (χ4n) is 4.65. The van der Waals surface area contributed by atoms with E-state index in [2.05, 4.69) is 25.5 Å². The van der Waals surface area contributed by atoms with Crippen LogP contribution in [0.1, 0.15) is 51.7 Å². The highest BCUT2D eigenvalue weighted by Gasteiger charge is 2.29. The van der Waals surface area contributed by atoms with Gasteiger partial charge in [0.05, 0.1) is 18.9 Å². The Labute approximate surface area is 207 Å². The van der Waals surface area contributed by atoms with Gasteiger partial charge in [-0.05, 0) is 37.1 Å². The maximum atomic E-state index is 12.9. The van der Waals surface area contributed by atoms with Crippen LogP contribution in [0.5, 0.6) is 0 Å². The summed E-state index contributed by atoms with van der Waals surface area (Å²) in [4.78, 5) is 35.9. The summed E-state index contributed by atoms with van der Waals surface area (Å²) >= 11 is 7.43. The number of thiazole rings is 1. The van der Waals surface area contributed by atoms with Gasteiger partial charge in [0.2, 0.25) is 0 Å². The molecule has 0 spiro atoms. The third-order valence-electron chi connectivity index (χ3n) is 6.46. The van der Waals surface area contributed by atoms with E-state index in [0.29, 0.717) is 15.7 Å². The number of fused-ring (bicyclic) bond motifs is 1. The number of aromatic nitrogens is 2. The summed E-state index contributed by atoms with van der Waals surface area (Å²) < 4.78 is 5.39. The van der Waals surface area contributed by atoms with E-state index in [1.54, 1.807) is 12.1 Å². The first-order valence-electron chi connectivity index (χ1n) is 11.7. The Balaban J connectivity index is 1.21. The number of amides is 2. The summed E-state index contributed by atoms with van der Waals surface area (Å²) in [6.45, 7) is 3.96. The van der Waals surface area contributed by atoms with Crippen LogP contribution < -0.4 is 10.6 Å². The Morgan fingerprint density at radius 3 is 2.62 bits per heavy atom. The van der Waals surface area contributed by atoms with Crippen molar-refractivity contribution in [3.8, 4) is 0 Å². The minimum atomic E-state index is -0.180. The van der Waals surface area contributed by atoms with Crippen molar-refractivity contribution in [3.63, 3.8) is 0 Å². The second-order valence-corrected chi connectivity index (χ2v) is 10.2. The number of benzene rings is 1. The minimum Gasteiger partial charge on any atom is -0.379 e. The Morgan fingerprint density at radius 1 is 1.12 bits per heavy atom. The number of hydrogen-bond acceptors (Lipinski definition) is 6. The van der Waals surface area contributed by atoms with E-state index in [4.69, 9.17) is 16.3 Å². The van der Waals surface area contributed by atoms with E-state index in [-0.39, 0.29) is 23.9 Å². The number of H-pyrrole nitrogens is 1. The predicted octanol–water partition coefficient (Wildman–Crippen LogP) is 3.58. The first kappa shape index (κ1) is 23.3. The van der Waals surface area contributed by atoms with Crippen LogP contribution in [0.3, 0.4) is 0 Å². The third kappa shape index (κ3) is 5.43. The molecular formula is C24H28ClN5O3S. The van der Waals surface area contributed by atoms with Gasteiger partial charge in [0.25, 0.3) is 11.8 Å². The van der Waals surface area contributed by atoms with Gasteiger partial charge < -0.3 is 20.4 Å². The van der Waals surface area contributed by atoms with Crippen molar-refractivity contribution in [3.05, 3.63) is 51.1 Å². The molecule has 2 amide bonds. The lowest BCUT2D eigenvalue weighted by molar-refractivity contribution is 0.0337. The number of nitrogens with one attached hydrogen (secondary N) is 3. The highest BCUT2D eigenvalue weighted by atomic mass is 35.5. The standard InChI is InChI=1S/C24H28ClN5O3S/c25-16-5-6-18-15(11-16)12-21(27-18)22(31)28-19-3-1-2-4-20(19)29-23(32)24-26-17(14-34-24)13-30-7-9-33-10-8-30/h5-6,11-12,14,19-20,27H,1-4,7-10,13H2,(H,28,31)(H,29,32)/t19-,20+/m0/s1. The molecule has 34 heavy (non-hydrogen) atoms. The topological polar surface area (TPSA) is 99.3 Å². The molecule has 2 aromatic heterocycles. The molecule has 8 nitrogen and oxygen atoms in total. The van der Waals surface area contributed by atoms with E-state index >= 15 is 0 Å². The summed E-state index contributed by atoms with van der Waals surface area (Å²) in [7, 11) is 0. The second kappa shape index (κ2) is 10.4. The zero-order chi connectivity index (χ0) is 23.5.